The Kier molecular flexibility index (Phi) is 1.89. The van der Waals surface area contributed by atoms with E-state index in [0.29, 0.717) is 12.8 Å². The van der Waals surface area contributed by atoms with E-state index in [1.165, 1.54) is 0 Å². The van der Waals surface area contributed by atoms with Crippen molar-refractivity contribution in [2.24, 2.45) is 5.92 Å². The Bertz CT molecular complexity index is 153. The van der Waals surface area contributed by atoms with Crippen molar-refractivity contribution in [2.45, 2.75) is 31.6 Å². The lowest BCUT2D eigenvalue weighted by molar-refractivity contribution is 0.00201. The lowest BCUT2D eigenvalue weighted by Crippen LogP contribution is -2.23. The Morgan fingerprint density at radius 1 is 1.30 bits per heavy atom. The van der Waals surface area contributed by atoms with Crippen LogP contribution in [-0.2, 0) is 0 Å². The first-order valence-electron chi connectivity index (χ1n) is 3.46. The highest BCUT2D eigenvalue weighted by Crippen LogP contribution is 2.36. The quantitative estimate of drug-likeness (QED) is 0.555. The van der Waals surface area contributed by atoms with E-state index < -0.39 is 11.8 Å². The maximum atomic E-state index is 12.5. The molecule has 3 heteroatoms. The standard InChI is InChI=1S/C7H9F2N/c8-7(9,5-10)6-3-1-2-4-6/h6H,1-4H2. The summed E-state index contributed by atoms with van der Waals surface area (Å²) < 4.78 is 25.0. The fourth-order valence-electron chi connectivity index (χ4n) is 1.38. The second-order valence-electron chi connectivity index (χ2n) is 2.72. The fraction of sp³-hybridized carbons (Fsp3) is 0.857. The molecule has 1 aliphatic rings. The first kappa shape index (κ1) is 7.46. The molecule has 0 N–H and O–H groups in total. The van der Waals surface area contributed by atoms with E-state index in [-0.39, 0.29) is 0 Å². The topological polar surface area (TPSA) is 23.8 Å². The van der Waals surface area contributed by atoms with E-state index >= 15 is 0 Å². The number of nitriles is 1. The van der Waals surface area contributed by atoms with E-state index in [2.05, 4.69) is 0 Å². The smallest absolute Gasteiger partial charge is 0.192 e. The van der Waals surface area contributed by atoms with Crippen LogP contribution in [0.15, 0.2) is 0 Å². The zero-order valence-corrected chi connectivity index (χ0v) is 5.61. The molecule has 56 valence electrons. The van der Waals surface area contributed by atoms with Crippen LogP contribution in [0, 0.1) is 17.2 Å². The molecule has 0 aliphatic heterocycles. The number of alkyl halides is 2. The summed E-state index contributed by atoms with van der Waals surface area (Å²) in [5.41, 5.74) is 0. The van der Waals surface area contributed by atoms with E-state index in [9.17, 15) is 8.78 Å². The minimum atomic E-state index is -3.07. The summed E-state index contributed by atoms with van der Waals surface area (Å²) in [6.07, 6.45) is 2.73. The first-order chi connectivity index (χ1) is 4.67. The van der Waals surface area contributed by atoms with Crippen molar-refractivity contribution in [1.82, 2.24) is 0 Å². The predicted octanol–water partition coefficient (Wildman–Crippen LogP) is 2.34. The van der Waals surface area contributed by atoms with Crippen LogP contribution in [-0.4, -0.2) is 5.92 Å². The Hall–Kier alpha value is -0.650. The maximum absolute atomic E-state index is 12.5. The summed E-state index contributed by atoms with van der Waals surface area (Å²) in [4.78, 5) is 0. The van der Waals surface area contributed by atoms with Gasteiger partial charge in [0.05, 0.1) is 0 Å². The Morgan fingerprint density at radius 3 is 2.20 bits per heavy atom. The molecule has 1 nitrogen and oxygen atoms in total. The molecule has 1 rings (SSSR count). The molecule has 0 aromatic carbocycles. The molecule has 0 aromatic heterocycles. The molecule has 0 aromatic rings. The molecule has 0 saturated heterocycles. The Morgan fingerprint density at radius 2 is 1.80 bits per heavy atom. The average molecular weight is 145 g/mol. The molecule has 1 fully saturated rings. The minimum Gasteiger partial charge on any atom is -0.192 e. The van der Waals surface area contributed by atoms with Crippen LogP contribution in [0.1, 0.15) is 25.7 Å². The zero-order valence-electron chi connectivity index (χ0n) is 5.61. The summed E-state index contributed by atoms with van der Waals surface area (Å²) in [5.74, 6) is -3.74. The van der Waals surface area contributed by atoms with Gasteiger partial charge in [-0.15, -0.1) is 0 Å². The van der Waals surface area contributed by atoms with Gasteiger partial charge >= 0.3 is 5.92 Å². The highest BCUT2D eigenvalue weighted by Gasteiger charge is 2.40. The van der Waals surface area contributed by atoms with E-state index in [1.54, 1.807) is 0 Å². The van der Waals surface area contributed by atoms with Crippen LogP contribution in [0.3, 0.4) is 0 Å². The minimum absolute atomic E-state index is 0.514. The van der Waals surface area contributed by atoms with Crippen molar-refractivity contribution in [3.63, 3.8) is 0 Å². The van der Waals surface area contributed by atoms with Crippen molar-refractivity contribution in [1.29, 1.82) is 5.26 Å². The molecule has 0 spiro atoms. The van der Waals surface area contributed by atoms with Crippen LogP contribution >= 0.6 is 0 Å². The van der Waals surface area contributed by atoms with Crippen LogP contribution in [0.2, 0.25) is 0 Å². The predicted molar refractivity (Wildman–Crippen MR) is 32.5 cm³/mol. The number of hydrogen-bond donors (Lipinski definition) is 0. The number of halogens is 2. The van der Waals surface area contributed by atoms with Gasteiger partial charge in [0.25, 0.3) is 0 Å². The van der Waals surface area contributed by atoms with Crippen LogP contribution in [0.4, 0.5) is 8.78 Å². The number of hydrogen-bond acceptors (Lipinski definition) is 1. The van der Waals surface area contributed by atoms with E-state index in [0.717, 1.165) is 18.9 Å². The van der Waals surface area contributed by atoms with Crippen molar-refractivity contribution in [3.05, 3.63) is 0 Å². The first-order valence-corrected chi connectivity index (χ1v) is 3.46. The maximum Gasteiger partial charge on any atom is 0.334 e. The van der Waals surface area contributed by atoms with Crippen LogP contribution in [0.25, 0.3) is 0 Å². The van der Waals surface area contributed by atoms with Crippen molar-refractivity contribution < 1.29 is 8.78 Å². The van der Waals surface area contributed by atoms with E-state index in [4.69, 9.17) is 5.26 Å². The highest BCUT2D eigenvalue weighted by atomic mass is 19.3. The second-order valence-corrected chi connectivity index (χ2v) is 2.72. The SMILES string of the molecule is N#CC(F)(F)C1CCCC1. The number of rotatable bonds is 1. The molecular weight excluding hydrogens is 136 g/mol. The van der Waals surface area contributed by atoms with Gasteiger partial charge in [0.1, 0.15) is 6.07 Å². The summed E-state index contributed by atoms with van der Waals surface area (Å²) in [6, 6.07) is 1.05. The molecule has 0 atom stereocenters. The van der Waals surface area contributed by atoms with Gasteiger partial charge in [-0.25, -0.2) is 0 Å². The molecule has 0 amide bonds. The van der Waals surface area contributed by atoms with Gasteiger partial charge in [0.15, 0.2) is 0 Å². The lowest BCUT2D eigenvalue weighted by Gasteiger charge is -2.13. The van der Waals surface area contributed by atoms with Crippen LogP contribution < -0.4 is 0 Å². The normalized spacial score (nSPS) is 20.9. The van der Waals surface area contributed by atoms with Gasteiger partial charge in [-0.1, -0.05) is 12.8 Å². The van der Waals surface area contributed by atoms with Gasteiger partial charge in [0.2, 0.25) is 0 Å². The summed E-state index contributed by atoms with van der Waals surface area (Å²) in [7, 11) is 0. The van der Waals surface area contributed by atoms with Crippen molar-refractivity contribution in [2.75, 3.05) is 0 Å². The zero-order chi connectivity index (χ0) is 7.61. The third-order valence-corrected chi connectivity index (χ3v) is 2.02. The number of nitrogens with zero attached hydrogens (tertiary/aromatic N) is 1. The molecular formula is C7H9F2N. The summed E-state index contributed by atoms with van der Waals surface area (Å²) >= 11 is 0. The molecule has 1 saturated carbocycles. The second kappa shape index (κ2) is 2.53. The van der Waals surface area contributed by atoms with Crippen LogP contribution in [0.5, 0.6) is 0 Å². The molecule has 0 heterocycles. The van der Waals surface area contributed by atoms with Gasteiger partial charge in [-0.05, 0) is 12.8 Å². The Labute approximate surface area is 58.6 Å². The third-order valence-electron chi connectivity index (χ3n) is 2.02. The van der Waals surface area contributed by atoms with Gasteiger partial charge in [0, 0.05) is 5.92 Å². The summed E-state index contributed by atoms with van der Waals surface area (Å²) in [6.45, 7) is 0. The molecule has 1 aliphatic carbocycles. The third kappa shape index (κ3) is 1.26. The monoisotopic (exact) mass is 145 g/mol. The van der Waals surface area contributed by atoms with Crippen molar-refractivity contribution >= 4 is 0 Å². The van der Waals surface area contributed by atoms with E-state index in [1.807, 2.05) is 0 Å². The molecule has 0 unspecified atom stereocenters. The highest BCUT2D eigenvalue weighted by molar-refractivity contribution is 4.98. The van der Waals surface area contributed by atoms with Gasteiger partial charge in [-0.3, -0.25) is 0 Å². The lowest BCUT2D eigenvalue weighted by atomic mass is 10.0. The molecule has 0 bridgehead atoms. The average Bonchev–Trinajstić information content (AvgIpc) is 2.38. The Balaban J connectivity index is 2.56. The van der Waals surface area contributed by atoms with Crippen molar-refractivity contribution in [3.8, 4) is 6.07 Å². The molecule has 10 heavy (non-hydrogen) atoms. The largest absolute Gasteiger partial charge is 0.334 e. The van der Waals surface area contributed by atoms with Gasteiger partial charge in [-0.2, -0.15) is 14.0 Å². The van der Waals surface area contributed by atoms with Gasteiger partial charge < -0.3 is 0 Å². The fourth-order valence-corrected chi connectivity index (χ4v) is 1.38. The summed E-state index contributed by atoms with van der Waals surface area (Å²) in [5, 5.41) is 8.05. The molecule has 0 radical (unpaired) electrons.